The fraction of sp³-hybridized carbons (Fsp3) is 0.833. The Bertz CT molecular complexity index is 156. The Morgan fingerprint density at radius 1 is 1.55 bits per heavy atom. The zero-order valence-electron chi connectivity index (χ0n) is 6.47. The molecule has 4 N–H and O–H groups in total. The summed E-state index contributed by atoms with van der Waals surface area (Å²) in [4.78, 5) is 11.0. The van der Waals surface area contributed by atoms with Crippen molar-refractivity contribution in [2.45, 2.75) is 30.5 Å². The minimum atomic E-state index is -2.40. The highest BCUT2D eigenvalue weighted by molar-refractivity contribution is 9.10. The monoisotopic (exact) mass is 225 g/mol. The summed E-state index contributed by atoms with van der Waals surface area (Å²) in [6.45, 7) is 3.22. The summed E-state index contributed by atoms with van der Waals surface area (Å²) < 4.78 is -0.761. The van der Waals surface area contributed by atoms with Crippen LogP contribution in [0.25, 0.3) is 0 Å². The standard InChI is InChI=1S/C6H12BrNO3/c1-5(2,7)4(9)3-6(8,10)11/h10-11H,3,8H2,1-2H3. The molecule has 0 spiro atoms. The summed E-state index contributed by atoms with van der Waals surface area (Å²) in [6, 6.07) is 0. The van der Waals surface area contributed by atoms with Crippen LogP contribution in [0.3, 0.4) is 0 Å². The van der Waals surface area contributed by atoms with Crippen molar-refractivity contribution in [3.63, 3.8) is 0 Å². The van der Waals surface area contributed by atoms with Crippen molar-refractivity contribution >= 4 is 21.7 Å². The Hall–Kier alpha value is 0.0300. The van der Waals surface area contributed by atoms with Crippen LogP contribution < -0.4 is 5.73 Å². The molecule has 0 aromatic heterocycles. The highest BCUT2D eigenvalue weighted by atomic mass is 79.9. The van der Waals surface area contributed by atoms with E-state index in [9.17, 15) is 4.79 Å². The van der Waals surface area contributed by atoms with Gasteiger partial charge in [-0.3, -0.25) is 10.5 Å². The van der Waals surface area contributed by atoms with Crippen molar-refractivity contribution in [2.24, 2.45) is 5.73 Å². The van der Waals surface area contributed by atoms with E-state index in [2.05, 4.69) is 15.9 Å². The van der Waals surface area contributed by atoms with Gasteiger partial charge in [0.05, 0.1) is 10.7 Å². The summed E-state index contributed by atoms with van der Waals surface area (Å²) >= 11 is 3.07. The third-order valence-corrected chi connectivity index (χ3v) is 1.53. The molecule has 0 saturated carbocycles. The highest BCUT2D eigenvalue weighted by Gasteiger charge is 2.30. The van der Waals surface area contributed by atoms with Crippen molar-refractivity contribution in [1.82, 2.24) is 0 Å². The second-order valence-electron chi connectivity index (χ2n) is 2.95. The smallest absolute Gasteiger partial charge is 0.227 e. The number of nitrogens with two attached hydrogens (primary N) is 1. The number of ketones is 1. The molecule has 0 unspecified atom stereocenters. The van der Waals surface area contributed by atoms with E-state index < -0.39 is 16.7 Å². The number of hydrogen-bond acceptors (Lipinski definition) is 4. The van der Waals surface area contributed by atoms with Gasteiger partial charge >= 0.3 is 0 Å². The molecular weight excluding hydrogens is 214 g/mol. The van der Waals surface area contributed by atoms with Gasteiger partial charge in [-0.25, -0.2) is 0 Å². The lowest BCUT2D eigenvalue weighted by atomic mass is 10.0. The number of carbonyl (C=O) groups is 1. The van der Waals surface area contributed by atoms with Gasteiger partial charge in [0.15, 0.2) is 5.78 Å². The number of halogens is 1. The normalized spacial score (nSPS) is 13.3. The maximum absolute atomic E-state index is 11.0. The maximum Gasteiger partial charge on any atom is 0.227 e. The molecule has 66 valence electrons. The fourth-order valence-corrected chi connectivity index (χ4v) is 0.587. The molecule has 0 fully saturated rings. The van der Waals surface area contributed by atoms with Crippen molar-refractivity contribution < 1.29 is 15.0 Å². The molecule has 5 heteroatoms. The van der Waals surface area contributed by atoms with E-state index in [4.69, 9.17) is 15.9 Å². The lowest BCUT2D eigenvalue weighted by Crippen LogP contribution is -2.44. The van der Waals surface area contributed by atoms with E-state index in [0.29, 0.717) is 0 Å². The predicted molar refractivity (Wildman–Crippen MR) is 44.0 cm³/mol. The summed E-state index contributed by atoms with van der Waals surface area (Å²) in [6.07, 6.45) is -0.481. The molecule has 0 amide bonds. The van der Waals surface area contributed by atoms with Gasteiger partial charge < -0.3 is 10.2 Å². The molecule has 0 aliphatic carbocycles. The Morgan fingerprint density at radius 3 is 2.00 bits per heavy atom. The van der Waals surface area contributed by atoms with Crippen LogP contribution in [0, 0.1) is 0 Å². The first-order chi connectivity index (χ1) is 4.63. The molecule has 0 rings (SSSR count). The quantitative estimate of drug-likeness (QED) is 0.456. The second-order valence-corrected chi connectivity index (χ2v) is 4.93. The zero-order chi connectivity index (χ0) is 9.28. The topological polar surface area (TPSA) is 83.6 Å². The Balaban J connectivity index is 4.11. The number of rotatable bonds is 3. The van der Waals surface area contributed by atoms with Gasteiger partial charge in [0.2, 0.25) is 5.91 Å². The van der Waals surface area contributed by atoms with E-state index in [0.717, 1.165) is 0 Å². The Morgan fingerprint density at radius 2 is 1.91 bits per heavy atom. The third-order valence-electron chi connectivity index (χ3n) is 1.08. The van der Waals surface area contributed by atoms with Crippen molar-refractivity contribution in [3.8, 4) is 0 Å². The van der Waals surface area contributed by atoms with Crippen LogP contribution in [-0.4, -0.2) is 26.2 Å². The lowest BCUT2D eigenvalue weighted by molar-refractivity contribution is -0.168. The zero-order valence-corrected chi connectivity index (χ0v) is 8.05. The maximum atomic E-state index is 11.0. The first-order valence-corrected chi connectivity index (χ1v) is 3.88. The molecule has 0 heterocycles. The van der Waals surface area contributed by atoms with Gasteiger partial charge in [0.25, 0.3) is 0 Å². The van der Waals surface area contributed by atoms with Crippen molar-refractivity contribution in [2.75, 3.05) is 0 Å². The number of carbonyl (C=O) groups excluding carboxylic acids is 1. The number of aliphatic hydroxyl groups is 2. The SMILES string of the molecule is CC(C)(Br)C(=O)CC(N)(O)O. The average molecular weight is 226 g/mol. The predicted octanol–water partition coefficient (Wildman–Crippen LogP) is -0.284. The van der Waals surface area contributed by atoms with Gasteiger partial charge in [-0.05, 0) is 13.8 Å². The van der Waals surface area contributed by atoms with Crippen LogP contribution in [0.5, 0.6) is 0 Å². The Labute approximate surface area is 73.5 Å². The average Bonchev–Trinajstić information content (AvgIpc) is 1.56. The molecule has 0 radical (unpaired) electrons. The molecule has 0 aliphatic heterocycles. The van der Waals surface area contributed by atoms with E-state index in [-0.39, 0.29) is 5.78 Å². The first kappa shape index (κ1) is 11.0. The van der Waals surface area contributed by atoms with Crippen LogP contribution >= 0.6 is 15.9 Å². The summed E-state index contributed by atoms with van der Waals surface area (Å²) in [7, 11) is 0. The molecule has 0 aromatic rings. The molecule has 0 bridgehead atoms. The molecule has 4 nitrogen and oxygen atoms in total. The number of Topliss-reactive ketones (excluding diaryl/α,β-unsaturated/α-hetero) is 1. The van der Waals surface area contributed by atoms with E-state index in [1.165, 1.54) is 0 Å². The van der Waals surface area contributed by atoms with Crippen LogP contribution in [0.2, 0.25) is 0 Å². The minimum Gasteiger partial charge on any atom is -0.353 e. The number of alkyl halides is 1. The molecule has 0 saturated heterocycles. The van der Waals surface area contributed by atoms with Crippen LogP contribution in [-0.2, 0) is 4.79 Å². The fourth-order valence-electron chi connectivity index (χ4n) is 0.446. The highest BCUT2D eigenvalue weighted by Crippen LogP contribution is 2.20. The van der Waals surface area contributed by atoms with Gasteiger partial charge in [-0.15, -0.1) is 0 Å². The number of hydrogen-bond donors (Lipinski definition) is 3. The molecule has 0 aliphatic rings. The van der Waals surface area contributed by atoms with E-state index in [1.54, 1.807) is 13.8 Å². The van der Waals surface area contributed by atoms with E-state index in [1.807, 2.05) is 0 Å². The third kappa shape index (κ3) is 5.32. The molecule has 0 aromatic carbocycles. The summed E-state index contributed by atoms with van der Waals surface area (Å²) in [5.41, 5.74) is 4.80. The first-order valence-electron chi connectivity index (χ1n) is 3.09. The second kappa shape index (κ2) is 3.18. The molecule has 11 heavy (non-hydrogen) atoms. The largest absolute Gasteiger partial charge is 0.353 e. The van der Waals surface area contributed by atoms with Crippen LogP contribution in [0.15, 0.2) is 0 Å². The van der Waals surface area contributed by atoms with Gasteiger partial charge in [0.1, 0.15) is 0 Å². The van der Waals surface area contributed by atoms with Crippen LogP contribution in [0.4, 0.5) is 0 Å². The summed E-state index contributed by atoms with van der Waals surface area (Å²) in [5, 5.41) is 17.3. The van der Waals surface area contributed by atoms with Gasteiger partial charge in [0, 0.05) is 0 Å². The molecular formula is C6H12BrNO3. The summed E-state index contributed by atoms with van der Waals surface area (Å²) in [5.74, 6) is -2.76. The Kier molecular flexibility index (Phi) is 3.19. The molecule has 0 atom stereocenters. The van der Waals surface area contributed by atoms with Crippen LogP contribution in [0.1, 0.15) is 20.3 Å². The van der Waals surface area contributed by atoms with Crippen molar-refractivity contribution in [3.05, 3.63) is 0 Å². The minimum absolute atomic E-state index is 0.356. The van der Waals surface area contributed by atoms with Gasteiger partial charge in [-0.1, -0.05) is 15.9 Å². The van der Waals surface area contributed by atoms with Gasteiger partial charge in [-0.2, -0.15) is 0 Å². The lowest BCUT2D eigenvalue weighted by Gasteiger charge is -2.20. The van der Waals surface area contributed by atoms with Crippen molar-refractivity contribution in [1.29, 1.82) is 0 Å². The van der Waals surface area contributed by atoms with E-state index >= 15 is 0 Å².